The Morgan fingerprint density at radius 3 is 2.65 bits per heavy atom. The summed E-state index contributed by atoms with van der Waals surface area (Å²) in [5.74, 6) is -0.0919. The molecular formula is C15H13FN2O2. The molecule has 1 heterocycles. The molecule has 0 aliphatic rings. The van der Waals surface area contributed by atoms with Crippen molar-refractivity contribution in [2.45, 2.75) is 0 Å². The minimum atomic E-state index is -0.637. The third-order valence-electron chi connectivity index (χ3n) is 2.51. The Kier molecular flexibility index (Phi) is 4.44. The van der Waals surface area contributed by atoms with Crippen LogP contribution in [-0.4, -0.2) is 18.0 Å². The Morgan fingerprint density at radius 1 is 1.25 bits per heavy atom. The fraction of sp³-hybridized carbons (Fsp3) is 0.0667. The molecule has 0 fully saturated rings. The number of methoxy groups -OCH3 is 1. The van der Waals surface area contributed by atoms with Gasteiger partial charge in [0.25, 0.3) is 0 Å². The largest absolute Gasteiger partial charge is 0.497 e. The monoisotopic (exact) mass is 272 g/mol. The van der Waals surface area contributed by atoms with E-state index in [9.17, 15) is 9.18 Å². The summed E-state index contributed by atoms with van der Waals surface area (Å²) in [7, 11) is 1.59. The van der Waals surface area contributed by atoms with E-state index in [4.69, 9.17) is 4.74 Å². The number of carbonyl (C=O) groups is 1. The lowest BCUT2D eigenvalue weighted by Gasteiger charge is -2.01. The van der Waals surface area contributed by atoms with Crippen molar-refractivity contribution >= 4 is 17.8 Å². The number of amides is 1. The van der Waals surface area contributed by atoms with Crippen LogP contribution in [0.3, 0.4) is 0 Å². The first-order valence-electron chi connectivity index (χ1n) is 5.93. The molecule has 0 spiro atoms. The van der Waals surface area contributed by atoms with Gasteiger partial charge in [-0.25, -0.2) is 4.98 Å². The van der Waals surface area contributed by atoms with E-state index in [0.29, 0.717) is 0 Å². The first-order chi connectivity index (χ1) is 9.67. The first kappa shape index (κ1) is 13.7. The normalized spacial score (nSPS) is 10.5. The van der Waals surface area contributed by atoms with Gasteiger partial charge in [-0.1, -0.05) is 18.2 Å². The number of nitrogens with zero attached hydrogens (tertiary/aromatic N) is 1. The molecule has 1 aromatic heterocycles. The van der Waals surface area contributed by atoms with Crippen LogP contribution in [-0.2, 0) is 4.79 Å². The number of aromatic nitrogens is 1. The lowest BCUT2D eigenvalue weighted by Crippen LogP contribution is -2.09. The molecular weight excluding hydrogens is 259 g/mol. The van der Waals surface area contributed by atoms with Gasteiger partial charge in [0.15, 0.2) is 0 Å². The first-order valence-corrected chi connectivity index (χ1v) is 5.93. The molecule has 0 unspecified atom stereocenters. The van der Waals surface area contributed by atoms with Crippen LogP contribution in [0.1, 0.15) is 5.56 Å². The highest BCUT2D eigenvalue weighted by Gasteiger charge is 2.00. The number of benzene rings is 1. The Bertz CT molecular complexity index is 624. The maximum absolute atomic E-state index is 12.8. The number of carbonyl (C=O) groups excluding carboxylic acids is 1. The Balaban J connectivity index is 1.98. The number of ether oxygens (including phenoxy) is 1. The molecule has 1 amide bonds. The lowest BCUT2D eigenvalue weighted by atomic mass is 10.2. The number of pyridine rings is 1. The highest BCUT2D eigenvalue weighted by Crippen LogP contribution is 2.12. The highest BCUT2D eigenvalue weighted by atomic mass is 19.1. The summed E-state index contributed by atoms with van der Waals surface area (Å²) in [4.78, 5) is 15.2. The quantitative estimate of drug-likeness (QED) is 0.687. The van der Waals surface area contributed by atoms with Crippen molar-refractivity contribution in [1.29, 1.82) is 0 Å². The van der Waals surface area contributed by atoms with Crippen LogP contribution < -0.4 is 10.1 Å². The van der Waals surface area contributed by atoms with Gasteiger partial charge in [-0.3, -0.25) is 4.79 Å². The van der Waals surface area contributed by atoms with Crippen LogP contribution in [0.15, 0.2) is 48.5 Å². The summed E-state index contributed by atoms with van der Waals surface area (Å²) in [6.07, 6.45) is 3.00. The summed E-state index contributed by atoms with van der Waals surface area (Å²) in [5.41, 5.74) is 0.855. The summed E-state index contributed by atoms with van der Waals surface area (Å²) < 4.78 is 17.9. The van der Waals surface area contributed by atoms with Gasteiger partial charge in [-0.15, -0.1) is 0 Å². The van der Waals surface area contributed by atoms with Crippen LogP contribution >= 0.6 is 0 Å². The van der Waals surface area contributed by atoms with Gasteiger partial charge in [-0.05, 0) is 35.9 Å². The topological polar surface area (TPSA) is 51.2 Å². The molecule has 0 aliphatic carbocycles. The van der Waals surface area contributed by atoms with E-state index >= 15 is 0 Å². The van der Waals surface area contributed by atoms with Crippen LogP contribution in [0.2, 0.25) is 0 Å². The maximum Gasteiger partial charge on any atom is 0.249 e. The van der Waals surface area contributed by atoms with E-state index in [2.05, 4.69) is 10.3 Å². The zero-order valence-corrected chi connectivity index (χ0v) is 10.8. The SMILES string of the molecule is COc1ccc(/C=C/C(=O)Nc2cccc(F)n2)cc1. The van der Waals surface area contributed by atoms with E-state index in [1.54, 1.807) is 25.3 Å². The Morgan fingerprint density at radius 2 is 2.00 bits per heavy atom. The number of anilines is 1. The molecule has 0 saturated carbocycles. The van der Waals surface area contributed by atoms with Crippen LogP contribution in [0.5, 0.6) is 5.75 Å². The fourth-order valence-corrected chi connectivity index (χ4v) is 1.53. The number of rotatable bonds is 4. The molecule has 0 radical (unpaired) electrons. The van der Waals surface area contributed by atoms with E-state index in [1.165, 1.54) is 24.3 Å². The Hall–Kier alpha value is -2.69. The lowest BCUT2D eigenvalue weighted by molar-refractivity contribution is -0.111. The molecule has 0 aliphatic heterocycles. The smallest absolute Gasteiger partial charge is 0.249 e. The van der Waals surface area contributed by atoms with Crippen molar-refractivity contribution in [3.63, 3.8) is 0 Å². The van der Waals surface area contributed by atoms with Crippen molar-refractivity contribution in [1.82, 2.24) is 4.98 Å². The summed E-state index contributed by atoms with van der Waals surface area (Å²) in [6, 6.07) is 11.4. The van der Waals surface area contributed by atoms with Crippen LogP contribution in [0.4, 0.5) is 10.2 Å². The van der Waals surface area contributed by atoms with Crippen molar-refractivity contribution in [2.24, 2.45) is 0 Å². The van der Waals surface area contributed by atoms with Crippen LogP contribution in [0, 0.1) is 5.95 Å². The molecule has 102 valence electrons. The number of hydrogen-bond acceptors (Lipinski definition) is 3. The second-order valence-electron chi connectivity index (χ2n) is 3.94. The number of hydrogen-bond donors (Lipinski definition) is 1. The van der Waals surface area contributed by atoms with E-state index in [0.717, 1.165) is 11.3 Å². The molecule has 1 N–H and O–H groups in total. The maximum atomic E-state index is 12.8. The second-order valence-corrected chi connectivity index (χ2v) is 3.94. The van der Waals surface area contributed by atoms with Gasteiger partial charge in [0.2, 0.25) is 11.9 Å². The molecule has 0 atom stereocenters. The molecule has 2 aromatic rings. The van der Waals surface area contributed by atoms with Gasteiger partial charge in [0, 0.05) is 6.08 Å². The molecule has 4 nitrogen and oxygen atoms in total. The average molecular weight is 272 g/mol. The molecule has 5 heteroatoms. The Labute approximate surface area is 115 Å². The summed E-state index contributed by atoms with van der Waals surface area (Å²) in [6.45, 7) is 0. The second kappa shape index (κ2) is 6.47. The predicted octanol–water partition coefficient (Wildman–Crippen LogP) is 2.88. The summed E-state index contributed by atoms with van der Waals surface area (Å²) in [5, 5.41) is 2.47. The van der Waals surface area contributed by atoms with Gasteiger partial charge in [0.1, 0.15) is 11.6 Å². The van der Waals surface area contributed by atoms with Gasteiger partial charge >= 0.3 is 0 Å². The van der Waals surface area contributed by atoms with E-state index in [1.807, 2.05) is 12.1 Å². The van der Waals surface area contributed by atoms with E-state index < -0.39 is 5.95 Å². The van der Waals surface area contributed by atoms with Gasteiger partial charge in [-0.2, -0.15) is 4.39 Å². The minimum Gasteiger partial charge on any atom is -0.497 e. The molecule has 0 saturated heterocycles. The predicted molar refractivity (Wildman–Crippen MR) is 74.9 cm³/mol. The molecule has 1 aromatic carbocycles. The van der Waals surface area contributed by atoms with Crippen molar-refractivity contribution < 1.29 is 13.9 Å². The standard InChI is InChI=1S/C15H13FN2O2/c1-20-12-8-5-11(6-9-12)7-10-15(19)18-14-4-2-3-13(16)17-14/h2-10H,1H3,(H,17,18,19)/b10-7+. The fourth-order valence-electron chi connectivity index (χ4n) is 1.53. The molecule has 20 heavy (non-hydrogen) atoms. The van der Waals surface area contributed by atoms with Crippen LogP contribution in [0.25, 0.3) is 6.08 Å². The zero-order valence-electron chi connectivity index (χ0n) is 10.8. The summed E-state index contributed by atoms with van der Waals surface area (Å²) >= 11 is 0. The molecule has 0 bridgehead atoms. The third-order valence-corrected chi connectivity index (χ3v) is 2.51. The van der Waals surface area contributed by atoms with E-state index in [-0.39, 0.29) is 11.7 Å². The highest BCUT2D eigenvalue weighted by molar-refractivity contribution is 6.01. The number of halogens is 1. The van der Waals surface area contributed by atoms with Crippen molar-refractivity contribution in [2.75, 3.05) is 12.4 Å². The third kappa shape index (κ3) is 3.91. The van der Waals surface area contributed by atoms with Gasteiger partial charge in [0.05, 0.1) is 7.11 Å². The number of nitrogens with one attached hydrogen (secondary N) is 1. The van der Waals surface area contributed by atoms with Gasteiger partial charge < -0.3 is 10.1 Å². The van der Waals surface area contributed by atoms with Crippen molar-refractivity contribution in [3.05, 3.63) is 60.1 Å². The zero-order chi connectivity index (χ0) is 14.4. The average Bonchev–Trinajstić information content (AvgIpc) is 2.46. The molecule has 2 rings (SSSR count). The minimum absolute atomic E-state index is 0.175. The van der Waals surface area contributed by atoms with Crippen molar-refractivity contribution in [3.8, 4) is 5.75 Å².